The molecule has 4 nitrogen and oxygen atoms in total. The van der Waals surface area contributed by atoms with Crippen LogP contribution in [0.2, 0.25) is 0 Å². The molecule has 1 amide bonds. The van der Waals surface area contributed by atoms with Crippen molar-refractivity contribution in [3.63, 3.8) is 0 Å². The fourth-order valence-corrected chi connectivity index (χ4v) is 2.53. The first-order valence-corrected chi connectivity index (χ1v) is 7.39. The molecule has 20 heavy (non-hydrogen) atoms. The van der Waals surface area contributed by atoms with Crippen LogP contribution in [0.3, 0.4) is 0 Å². The van der Waals surface area contributed by atoms with Gasteiger partial charge in [0.05, 0.1) is 11.4 Å². The van der Waals surface area contributed by atoms with E-state index in [1.165, 1.54) is 11.8 Å². The molecule has 1 heterocycles. The Balaban J connectivity index is 1.96. The molecule has 1 aromatic heterocycles. The van der Waals surface area contributed by atoms with Crippen LogP contribution in [0.5, 0.6) is 0 Å². The fourth-order valence-electron chi connectivity index (χ4n) is 1.82. The monoisotopic (exact) mass is 290 g/mol. The van der Waals surface area contributed by atoms with Crippen LogP contribution in [0.4, 0.5) is 5.69 Å². The molecular formula is C15H18N2O2S. The number of hydrogen-bond acceptors (Lipinski definition) is 4. The Labute approximate surface area is 123 Å². The minimum Gasteiger partial charge on any atom is -0.437 e. The van der Waals surface area contributed by atoms with Gasteiger partial charge in [0.2, 0.25) is 5.91 Å². The van der Waals surface area contributed by atoms with Gasteiger partial charge in [-0.3, -0.25) is 4.79 Å². The van der Waals surface area contributed by atoms with Crippen LogP contribution in [0.1, 0.15) is 22.6 Å². The number of para-hydroxylation sites is 1. The van der Waals surface area contributed by atoms with E-state index >= 15 is 0 Å². The zero-order chi connectivity index (χ0) is 14.7. The highest BCUT2D eigenvalue weighted by molar-refractivity contribution is 7.99. The van der Waals surface area contributed by atoms with E-state index in [1.807, 2.05) is 45.9 Å². The number of oxazole rings is 1. The Morgan fingerprint density at radius 2 is 1.90 bits per heavy atom. The van der Waals surface area contributed by atoms with Gasteiger partial charge in [-0.15, -0.1) is 0 Å². The van der Waals surface area contributed by atoms with E-state index in [9.17, 15) is 4.79 Å². The van der Waals surface area contributed by atoms with Crippen LogP contribution >= 0.6 is 11.8 Å². The summed E-state index contributed by atoms with van der Waals surface area (Å²) < 4.78 is 5.43. The zero-order valence-electron chi connectivity index (χ0n) is 12.1. The van der Waals surface area contributed by atoms with Crippen molar-refractivity contribution in [2.75, 3.05) is 11.1 Å². The van der Waals surface area contributed by atoms with E-state index < -0.39 is 0 Å². The van der Waals surface area contributed by atoms with Crippen molar-refractivity contribution in [2.24, 2.45) is 0 Å². The number of aromatic nitrogens is 1. The Morgan fingerprint density at radius 1 is 1.25 bits per heavy atom. The highest BCUT2D eigenvalue weighted by Gasteiger charge is 2.11. The molecule has 2 rings (SSSR count). The van der Waals surface area contributed by atoms with Gasteiger partial charge in [0.1, 0.15) is 5.76 Å². The Hall–Kier alpha value is -1.75. The maximum absolute atomic E-state index is 12.0. The number of nitrogens with one attached hydrogen (secondary N) is 1. The van der Waals surface area contributed by atoms with Gasteiger partial charge in [0, 0.05) is 5.69 Å². The summed E-state index contributed by atoms with van der Waals surface area (Å²) in [5.41, 5.74) is 3.87. The molecule has 0 unspecified atom stereocenters. The van der Waals surface area contributed by atoms with Crippen LogP contribution in [0.25, 0.3) is 0 Å². The van der Waals surface area contributed by atoms with Crippen LogP contribution in [0.15, 0.2) is 27.8 Å². The Kier molecular flexibility index (Phi) is 4.49. The molecule has 0 saturated heterocycles. The molecule has 2 aromatic rings. The van der Waals surface area contributed by atoms with Gasteiger partial charge in [0.15, 0.2) is 0 Å². The summed E-state index contributed by atoms with van der Waals surface area (Å²) in [5.74, 6) is 1.02. The van der Waals surface area contributed by atoms with Gasteiger partial charge in [-0.05, 0) is 38.8 Å². The molecule has 0 aliphatic carbocycles. The number of aryl methyl sites for hydroxylation is 4. The lowest BCUT2D eigenvalue weighted by atomic mass is 10.1. The number of hydrogen-bond donors (Lipinski definition) is 1. The van der Waals surface area contributed by atoms with Crippen molar-refractivity contribution < 1.29 is 9.21 Å². The topological polar surface area (TPSA) is 55.1 Å². The van der Waals surface area contributed by atoms with Crippen LogP contribution in [0, 0.1) is 27.7 Å². The summed E-state index contributed by atoms with van der Waals surface area (Å²) in [5, 5.41) is 3.48. The number of anilines is 1. The first kappa shape index (κ1) is 14.7. The van der Waals surface area contributed by atoms with Crippen molar-refractivity contribution in [1.29, 1.82) is 0 Å². The van der Waals surface area contributed by atoms with E-state index in [-0.39, 0.29) is 11.7 Å². The molecule has 5 heteroatoms. The first-order chi connectivity index (χ1) is 9.47. The minimum absolute atomic E-state index is 0.0547. The number of benzene rings is 1. The zero-order valence-corrected chi connectivity index (χ0v) is 12.9. The smallest absolute Gasteiger partial charge is 0.256 e. The number of rotatable bonds is 4. The summed E-state index contributed by atoms with van der Waals surface area (Å²) in [6.07, 6.45) is 0. The Bertz CT molecular complexity index is 595. The van der Waals surface area contributed by atoms with Gasteiger partial charge in [-0.25, -0.2) is 4.98 Å². The van der Waals surface area contributed by atoms with E-state index in [0.29, 0.717) is 5.22 Å². The summed E-state index contributed by atoms with van der Waals surface area (Å²) in [6, 6.07) is 5.94. The lowest BCUT2D eigenvalue weighted by Crippen LogP contribution is -2.15. The second-order valence-electron chi connectivity index (χ2n) is 4.73. The molecule has 0 spiro atoms. The summed E-state index contributed by atoms with van der Waals surface area (Å²) in [4.78, 5) is 16.2. The van der Waals surface area contributed by atoms with E-state index in [2.05, 4.69) is 10.3 Å². The van der Waals surface area contributed by atoms with Crippen LogP contribution in [-0.4, -0.2) is 16.6 Å². The predicted octanol–water partition coefficient (Wildman–Crippen LogP) is 3.64. The average molecular weight is 290 g/mol. The summed E-state index contributed by atoms with van der Waals surface area (Å²) in [7, 11) is 0. The van der Waals surface area contributed by atoms with Gasteiger partial charge in [-0.2, -0.15) is 0 Å². The third-order valence-electron chi connectivity index (χ3n) is 3.08. The molecule has 0 aliphatic heterocycles. The molecule has 0 atom stereocenters. The average Bonchev–Trinajstić information content (AvgIpc) is 2.71. The third kappa shape index (κ3) is 3.42. The second-order valence-corrected chi connectivity index (χ2v) is 5.65. The lowest BCUT2D eigenvalue weighted by Gasteiger charge is -2.10. The standard InChI is InChI=1S/C15H18N2O2S/c1-9-6-5-7-10(2)14(9)17-13(18)8-20-15-16-11(3)12(4)19-15/h5-7H,8H2,1-4H3,(H,17,18). The van der Waals surface area contributed by atoms with Crippen LogP contribution < -0.4 is 5.32 Å². The quantitative estimate of drug-likeness (QED) is 0.873. The third-order valence-corrected chi connectivity index (χ3v) is 3.91. The fraction of sp³-hybridized carbons (Fsp3) is 0.333. The van der Waals surface area contributed by atoms with Gasteiger partial charge in [0.25, 0.3) is 5.22 Å². The number of thioether (sulfide) groups is 1. The largest absolute Gasteiger partial charge is 0.437 e. The highest BCUT2D eigenvalue weighted by Crippen LogP contribution is 2.22. The van der Waals surface area contributed by atoms with Gasteiger partial charge in [-0.1, -0.05) is 30.0 Å². The second kappa shape index (κ2) is 6.13. The Morgan fingerprint density at radius 3 is 2.45 bits per heavy atom. The van der Waals surface area contributed by atoms with Crippen molar-refractivity contribution in [3.05, 3.63) is 40.8 Å². The molecule has 0 fully saturated rings. The highest BCUT2D eigenvalue weighted by atomic mass is 32.2. The molecule has 0 aliphatic rings. The lowest BCUT2D eigenvalue weighted by molar-refractivity contribution is -0.113. The number of carbonyl (C=O) groups excluding carboxylic acids is 1. The number of amides is 1. The SMILES string of the molecule is Cc1cccc(C)c1NC(=O)CSc1nc(C)c(C)o1. The maximum atomic E-state index is 12.0. The normalized spacial score (nSPS) is 10.6. The molecule has 1 N–H and O–H groups in total. The molecule has 0 radical (unpaired) electrons. The van der Waals surface area contributed by atoms with Gasteiger partial charge < -0.3 is 9.73 Å². The first-order valence-electron chi connectivity index (χ1n) is 6.40. The van der Waals surface area contributed by atoms with Gasteiger partial charge >= 0.3 is 0 Å². The maximum Gasteiger partial charge on any atom is 0.256 e. The molecule has 0 saturated carbocycles. The molecule has 106 valence electrons. The van der Waals surface area contributed by atoms with Crippen molar-refractivity contribution in [2.45, 2.75) is 32.9 Å². The summed E-state index contributed by atoms with van der Waals surface area (Å²) >= 11 is 1.30. The number of nitrogens with zero attached hydrogens (tertiary/aromatic N) is 1. The van der Waals surface area contributed by atoms with Crippen molar-refractivity contribution in [1.82, 2.24) is 4.98 Å². The minimum atomic E-state index is -0.0547. The van der Waals surface area contributed by atoms with E-state index in [1.54, 1.807) is 0 Å². The van der Waals surface area contributed by atoms with E-state index in [0.717, 1.165) is 28.3 Å². The van der Waals surface area contributed by atoms with Crippen molar-refractivity contribution >= 4 is 23.4 Å². The van der Waals surface area contributed by atoms with Crippen molar-refractivity contribution in [3.8, 4) is 0 Å². The molecule has 0 bridgehead atoms. The number of carbonyl (C=O) groups is 1. The predicted molar refractivity (Wildman–Crippen MR) is 81.2 cm³/mol. The summed E-state index contributed by atoms with van der Waals surface area (Å²) in [6.45, 7) is 7.72. The van der Waals surface area contributed by atoms with Crippen LogP contribution in [-0.2, 0) is 4.79 Å². The van der Waals surface area contributed by atoms with E-state index in [4.69, 9.17) is 4.42 Å². The molecule has 1 aromatic carbocycles. The molecular weight excluding hydrogens is 272 g/mol.